The molecule has 2 aliphatic rings. The summed E-state index contributed by atoms with van der Waals surface area (Å²) in [5.41, 5.74) is 0.845. The summed E-state index contributed by atoms with van der Waals surface area (Å²) in [6.45, 7) is 7.44. The molecule has 2 aliphatic heterocycles. The number of aliphatic imine (C=N–C) groups is 2. The van der Waals surface area contributed by atoms with E-state index in [-0.39, 0.29) is 27.1 Å². The van der Waals surface area contributed by atoms with Crippen molar-refractivity contribution in [3.8, 4) is 0 Å². The van der Waals surface area contributed by atoms with E-state index in [1.807, 2.05) is 0 Å². The number of alkyl halides is 1. The Morgan fingerprint density at radius 2 is 2.36 bits per heavy atom. The molecule has 156 valence electrons. The average molecular weight is 448 g/mol. The van der Waals surface area contributed by atoms with Gasteiger partial charge in [-0.3, -0.25) is 4.99 Å². The predicted octanol–water partition coefficient (Wildman–Crippen LogP) is 3.47. The lowest BCUT2D eigenvalue weighted by Crippen LogP contribution is -2.34. The molecule has 0 amide bonds. The fourth-order valence-corrected chi connectivity index (χ4v) is 4.82. The normalized spacial score (nSPS) is 26.5. The minimum atomic E-state index is -0.195. The van der Waals surface area contributed by atoms with Crippen LogP contribution in [-0.4, -0.2) is 69.3 Å². The molecule has 0 saturated carbocycles. The summed E-state index contributed by atoms with van der Waals surface area (Å²) in [4.78, 5) is 19.9. The molecule has 3 heterocycles. The zero-order valence-corrected chi connectivity index (χ0v) is 18.8. The first kappa shape index (κ1) is 22.1. The highest BCUT2D eigenvalue weighted by atomic mass is 35.5. The van der Waals surface area contributed by atoms with Crippen molar-refractivity contribution in [3.05, 3.63) is 11.8 Å². The molecule has 0 aliphatic carbocycles. The summed E-state index contributed by atoms with van der Waals surface area (Å²) in [6.07, 6.45) is 5.63. The molecular formula is C17H28ClN5O3P2. The van der Waals surface area contributed by atoms with E-state index in [1.165, 1.54) is 0 Å². The standard InChI is InChI=1S/C17H28ClN5O3P2/c1-12-4-3-7-22(12)17(20-10-18)14-8-21-23(16(14)19-2)15-6-5-13(26-15)9-25-28-11-27-24/h8,12-13,15,24,27-28H,2-7,9-11H2,1H3/b20-17+. The summed E-state index contributed by atoms with van der Waals surface area (Å²) in [5, 5.41) is 4.55. The number of ether oxygens (including phenoxy) is 1. The van der Waals surface area contributed by atoms with Crippen LogP contribution >= 0.6 is 29.2 Å². The predicted molar refractivity (Wildman–Crippen MR) is 117 cm³/mol. The average Bonchev–Trinajstić information content (AvgIpc) is 3.42. The van der Waals surface area contributed by atoms with Crippen LogP contribution in [0.25, 0.3) is 0 Å². The molecule has 2 fully saturated rings. The number of rotatable bonds is 9. The molecule has 3 rings (SSSR count). The Labute approximate surface area is 174 Å². The van der Waals surface area contributed by atoms with E-state index in [4.69, 9.17) is 25.8 Å². The number of halogens is 1. The van der Waals surface area contributed by atoms with Crippen LogP contribution in [0, 0.1) is 0 Å². The topological polar surface area (TPSA) is 84.5 Å². The number of hydrogen-bond acceptors (Lipinski definition) is 6. The molecule has 28 heavy (non-hydrogen) atoms. The molecule has 1 aromatic rings. The number of hydrogen-bond donors (Lipinski definition) is 1. The molecule has 0 spiro atoms. The van der Waals surface area contributed by atoms with Crippen LogP contribution in [0.1, 0.15) is 44.4 Å². The van der Waals surface area contributed by atoms with Crippen LogP contribution in [-0.2, 0) is 9.26 Å². The van der Waals surface area contributed by atoms with Crippen molar-refractivity contribution in [2.75, 3.05) is 25.1 Å². The number of nitrogens with zero attached hydrogens (tertiary/aromatic N) is 5. The maximum atomic E-state index is 8.86. The molecule has 8 nitrogen and oxygen atoms in total. The van der Waals surface area contributed by atoms with Gasteiger partial charge in [0.05, 0.1) is 24.5 Å². The third-order valence-electron chi connectivity index (χ3n) is 5.07. The molecule has 5 atom stereocenters. The van der Waals surface area contributed by atoms with Crippen molar-refractivity contribution in [2.24, 2.45) is 9.98 Å². The van der Waals surface area contributed by atoms with Crippen molar-refractivity contribution in [1.82, 2.24) is 14.7 Å². The molecule has 0 radical (unpaired) electrons. The highest BCUT2D eigenvalue weighted by molar-refractivity contribution is 7.50. The van der Waals surface area contributed by atoms with Crippen LogP contribution in [0.5, 0.6) is 0 Å². The van der Waals surface area contributed by atoms with Crippen LogP contribution in [0.3, 0.4) is 0 Å². The van der Waals surface area contributed by atoms with Crippen LogP contribution in [0.4, 0.5) is 5.82 Å². The first-order valence-electron chi connectivity index (χ1n) is 9.48. The van der Waals surface area contributed by atoms with Gasteiger partial charge in [-0.15, -0.1) is 11.6 Å². The van der Waals surface area contributed by atoms with Gasteiger partial charge in [-0.05, 0) is 39.3 Å². The lowest BCUT2D eigenvalue weighted by atomic mass is 10.2. The summed E-state index contributed by atoms with van der Waals surface area (Å²) >= 11 is 5.95. The van der Waals surface area contributed by atoms with Gasteiger partial charge in [0.2, 0.25) is 0 Å². The van der Waals surface area contributed by atoms with Gasteiger partial charge in [-0.2, -0.15) is 5.10 Å². The molecule has 0 aromatic carbocycles. The zero-order valence-electron chi connectivity index (χ0n) is 16.1. The SMILES string of the molecule is C=Nc1c(/C(=N\CCl)N2CCCC2C)cnn1C1CCC(COPCPO)O1. The summed E-state index contributed by atoms with van der Waals surface area (Å²) < 4.78 is 13.5. The minimum absolute atomic E-state index is 0.0272. The molecule has 2 saturated heterocycles. The van der Waals surface area contributed by atoms with E-state index in [1.54, 1.807) is 10.9 Å². The highest BCUT2D eigenvalue weighted by Gasteiger charge is 2.32. The Morgan fingerprint density at radius 1 is 1.50 bits per heavy atom. The highest BCUT2D eigenvalue weighted by Crippen LogP contribution is 2.35. The van der Waals surface area contributed by atoms with Gasteiger partial charge in [0.25, 0.3) is 0 Å². The molecule has 0 bridgehead atoms. The lowest BCUT2D eigenvalue weighted by molar-refractivity contribution is -0.0205. The Morgan fingerprint density at radius 3 is 3.04 bits per heavy atom. The number of likely N-dealkylation sites (tertiary alicyclic amines) is 1. The number of aromatic nitrogens is 2. The van der Waals surface area contributed by atoms with Crippen LogP contribution in [0.2, 0.25) is 0 Å². The molecule has 1 N–H and O–H groups in total. The zero-order chi connectivity index (χ0) is 19.9. The maximum absolute atomic E-state index is 8.86. The minimum Gasteiger partial charge on any atom is -0.377 e. The maximum Gasteiger partial charge on any atom is 0.163 e. The summed E-state index contributed by atoms with van der Waals surface area (Å²) in [5.74, 6) is 2.19. The van der Waals surface area contributed by atoms with E-state index in [9.17, 15) is 0 Å². The van der Waals surface area contributed by atoms with Crippen molar-refractivity contribution in [3.63, 3.8) is 0 Å². The van der Waals surface area contributed by atoms with Gasteiger partial charge in [0, 0.05) is 36.1 Å². The number of amidine groups is 1. The first-order valence-corrected chi connectivity index (χ1v) is 12.3. The second-order valence-electron chi connectivity index (χ2n) is 6.85. The Kier molecular flexibility index (Phi) is 8.64. The van der Waals surface area contributed by atoms with Gasteiger partial charge >= 0.3 is 0 Å². The van der Waals surface area contributed by atoms with E-state index >= 15 is 0 Å². The third kappa shape index (κ3) is 5.10. The fourth-order valence-electron chi connectivity index (χ4n) is 3.74. The summed E-state index contributed by atoms with van der Waals surface area (Å²) in [7, 11) is 0.251. The van der Waals surface area contributed by atoms with Gasteiger partial charge < -0.3 is 19.1 Å². The van der Waals surface area contributed by atoms with E-state index < -0.39 is 0 Å². The molecule has 5 unspecified atom stereocenters. The monoisotopic (exact) mass is 447 g/mol. The fraction of sp³-hybridized carbons (Fsp3) is 0.706. The lowest BCUT2D eigenvalue weighted by Gasteiger charge is -2.25. The van der Waals surface area contributed by atoms with Crippen molar-refractivity contribution in [1.29, 1.82) is 0 Å². The van der Waals surface area contributed by atoms with Crippen molar-refractivity contribution < 1.29 is 14.2 Å². The molecule has 1 aromatic heterocycles. The van der Waals surface area contributed by atoms with Crippen LogP contribution in [0.15, 0.2) is 16.2 Å². The van der Waals surface area contributed by atoms with E-state index in [0.717, 1.165) is 43.6 Å². The van der Waals surface area contributed by atoms with Gasteiger partial charge in [-0.1, -0.05) is 0 Å². The van der Waals surface area contributed by atoms with Gasteiger partial charge in [-0.25, -0.2) is 9.67 Å². The van der Waals surface area contributed by atoms with E-state index in [2.05, 4.69) is 33.6 Å². The Balaban J connectivity index is 1.73. The van der Waals surface area contributed by atoms with Gasteiger partial charge in [0.1, 0.15) is 11.8 Å². The van der Waals surface area contributed by atoms with Gasteiger partial charge in [0.15, 0.2) is 12.0 Å². The third-order valence-corrected chi connectivity index (χ3v) is 6.77. The smallest absolute Gasteiger partial charge is 0.163 e. The second-order valence-corrected chi connectivity index (χ2v) is 9.40. The van der Waals surface area contributed by atoms with E-state index in [0.29, 0.717) is 33.2 Å². The Bertz CT molecular complexity index is 690. The largest absolute Gasteiger partial charge is 0.377 e. The first-order chi connectivity index (χ1) is 13.7. The molecule has 11 heteroatoms. The van der Waals surface area contributed by atoms with Crippen LogP contribution < -0.4 is 0 Å². The summed E-state index contributed by atoms with van der Waals surface area (Å²) in [6, 6.07) is 0.599. The second kappa shape index (κ2) is 11.0. The van der Waals surface area contributed by atoms with Crippen molar-refractivity contribution in [2.45, 2.75) is 51.0 Å². The quantitative estimate of drug-likeness (QED) is 0.156. The van der Waals surface area contributed by atoms with Crippen molar-refractivity contribution >= 4 is 47.6 Å². The molecular weight excluding hydrogens is 420 g/mol. The Hall–Kier alpha value is -0.620.